The topological polar surface area (TPSA) is 51.4 Å². The molecule has 0 aliphatic carbocycles. The summed E-state index contributed by atoms with van der Waals surface area (Å²) in [7, 11) is 0. The average molecular weight is 923 g/mol. The molecule has 0 radical (unpaired) electrons. The van der Waals surface area contributed by atoms with Crippen molar-refractivity contribution in [1.82, 2.24) is 19.1 Å². The number of hydrogen-bond donors (Lipinski definition) is 0. The predicted molar refractivity (Wildman–Crippen MR) is 293 cm³/mol. The highest BCUT2D eigenvalue weighted by molar-refractivity contribution is 6.09. The second kappa shape index (κ2) is 16.9. The van der Waals surface area contributed by atoms with Crippen molar-refractivity contribution in [2.24, 2.45) is 0 Å². The first kappa shape index (κ1) is 42.7. The Balaban J connectivity index is 0.957. The van der Waals surface area contributed by atoms with Crippen LogP contribution >= 0.6 is 0 Å². The Morgan fingerprint density at radius 1 is 0.535 bits per heavy atom. The zero-order valence-corrected chi connectivity index (χ0v) is 40.6. The fourth-order valence-electron chi connectivity index (χ4n) is 11.1. The summed E-state index contributed by atoms with van der Waals surface area (Å²) in [6, 6.07) is 67.7. The second-order valence-corrected chi connectivity index (χ2v) is 20.2. The van der Waals surface area contributed by atoms with Crippen molar-refractivity contribution < 1.29 is 4.74 Å². The molecule has 0 atom stereocenters. The summed E-state index contributed by atoms with van der Waals surface area (Å²) < 4.78 is 11.8. The molecule has 5 heterocycles. The minimum absolute atomic E-state index is 0.171. The highest BCUT2D eigenvalue weighted by atomic mass is 16.5. The van der Waals surface area contributed by atoms with E-state index in [1.54, 1.807) is 0 Å². The van der Waals surface area contributed by atoms with Crippen LogP contribution in [-0.4, -0.2) is 25.8 Å². The zero-order chi connectivity index (χ0) is 47.8. The van der Waals surface area contributed by atoms with E-state index in [0.29, 0.717) is 6.67 Å². The number of pyridine rings is 1. The van der Waals surface area contributed by atoms with Gasteiger partial charge in [-0.05, 0) is 102 Å². The number of fused-ring (bicyclic) bond motifs is 7. The van der Waals surface area contributed by atoms with Crippen LogP contribution in [0.25, 0.3) is 72.0 Å². The van der Waals surface area contributed by atoms with E-state index in [-0.39, 0.29) is 5.41 Å². The number of anilines is 4. The van der Waals surface area contributed by atoms with Gasteiger partial charge in [0, 0.05) is 64.4 Å². The van der Waals surface area contributed by atoms with E-state index >= 15 is 0 Å². The minimum atomic E-state index is -0.171. The van der Waals surface area contributed by atoms with E-state index in [2.05, 4.69) is 235 Å². The van der Waals surface area contributed by atoms with Gasteiger partial charge in [0.15, 0.2) is 0 Å². The van der Waals surface area contributed by atoms with Gasteiger partial charge in [0.05, 0.1) is 39.1 Å². The number of ether oxygens (including phenoxy) is 1. The molecule has 0 N–H and O–H groups in total. The van der Waals surface area contributed by atoms with E-state index in [9.17, 15) is 0 Å². The van der Waals surface area contributed by atoms with Gasteiger partial charge in [-0.15, -0.1) is 0 Å². The average Bonchev–Trinajstić information content (AvgIpc) is 4.07. The maximum atomic E-state index is 7.10. The molecule has 11 aromatic rings. The van der Waals surface area contributed by atoms with Crippen molar-refractivity contribution >= 4 is 55.6 Å². The van der Waals surface area contributed by atoms with Gasteiger partial charge in [-0.3, -0.25) is 4.57 Å². The lowest BCUT2D eigenvalue weighted by molar-refractivity contribution is 0.479. The van der Waals surface area contributed by atoms with Gasteiger partial charge in [0.2, 0.25) is 0 Å². The van der Waals surface area contributed by atoms with Gasteiger partial charge in [0.1, 0.15) is 29.8 Å². The lowest BCUT2D eigenvalue weighted by atomic mass is 9.86. The van der Waals surface area contributed by atoms with Gasteiger partial charge in [-0.25, -0.2) is 9.97 Å². The zero-order valence-electron chi connectivity index (χ0n) is 40.6. The standard InChI is InChI=1S/C64H54N6O/c1-42-33-62(65-40-54(42)45-23-12-7-13-24-45)70-56-28-15-14-25-52(56)53-31-30-48(37-57(53)70)71-49-35-46(64(2,3)4)34-47(36-49)68-41-69(60-39-58-55(38-59(60)68)66-61-29-16-17-32-67(58)61)63-50(43-19-8-5-9-20-43)26-18-27-51(63)44-21-10-6-11-22-44/h5-15,18-28,30-31,33-40H,16-17,29,32,41H2,1-4H3. The van der Waals surface area contributed by atoms with Crippen molar-refractivity contribution in [3.8, 4) is 50.7 Å². The van der Waals surface area contributed by atoms with Gasteiger partial charge >= 0.3 is 0 Å². The van der Waals surface area contributed by atoms with Crippen LogP contribution in [0.4, 0.5) is 22.7 Å². The summed E-state index contributed by atoms with van der Waals surface area (Å²) in [6.07, 6.45) is 5.34. The third-order valence-electron chi connectivity index (χ3n) is 14.7. The highest BCUT2D eigenvalue weighted by Gasteiger charge is 2.34. The summed E-state index contributed by atoms with van der Waals surface area (Å²) in [6.45, 7) is 10.6. The first-order valence-corrected chi connectivity index (χ1v) is 24.9. The fraction of sp³-hybridized carbons (Fsp3) is 0.156. The van der Waals surface area contributed by atoms with Crippen LogP contribution in [0.1, 0.15) is 50.6 Å². The molecule has 71 heavy (non-hydrogen) atoms. The van der Waals surface area contributed by atoms with Gasteiger partial charge in [-0.2, -0.15) is 0 Å². The van der Waals surface area contributed by atoms with Crippen molar-refractivity contribution in [3.05, 3.63) is 211 Å². The molecule has 2 aliphatic rings. The third kappa shape index (κ3) is 7.43. The smallest absolute Gasteiger partial charge is 0.137 e. The van der Waals surface area contributed by atoms with E-state index in [1.165, 1.54) is 62.2 Å². The van der Waals surface area contributed by atoms with Crippen LogP contribution < -0.4 is 14.5 Å². The summed E-state index contributed by atoms with van der Waals surface area (Å²) in [5.74, 6) is 3.59. The number of benzene rings is 8. The lowest BCUT2D eigenvalue weighted by Gasteiger charge is -2.28. The van der Waals surface area contributed by atoms with Crippen LogP contribution in [0.2, 0.25) is 0 Å². The van der Waals surface area contributed by atoms with E-state index in [0.717, 1.165) is 86.8 Å². The Hall–Kier alpha value is -8.42. The highest BCUT2D eigenvalue weighted by Crippen LogP contribution is 2.52. The Labute approximate surface area is 414 Å². The SMILES string of the molecule is Cc1cc(-n2c3ccccc3c3ccc(Oc4cc(N5CN(c6c(-c7ccccc7)cccc6-c6ccccc6)c6cc7c(cc65)nc5n7CCCC5)cc(C(C)(C)C)c4)cc32)ncc1-c1ccccc1. The molecule has 8 aromatic carbocycles. The van der Waals surface area contributed by atoms with E-state index in [4.69, 9.17) is 14.7 Å². The maximum absolute atomic E-state index is 7.10. The van der Waals surface area contributed by atoms with Gasteiger partial charge in [0.25, 0.3) is 0 Å². The van der Waals surface area contributed by atoms with Crippen LogP contribution in [0.5, 0.6) is 11.5 Å². The minimum Gasteiger partial charge on any atom is -0.457 e. The summed E-state index contributed by atoms with van der Waals surface area (Å²) >= 11 is 0. The maximum Gasteiger partial charge on any atom is 0.137 e. The number of hydrogen-bond acceptors (Lipinski definition) is 5. The molecule has 2 aliphatic heterocycles. The normalized spacial score (nSPS) is 13.6. The molecule has 7 heteroatoms. The van der Waals surface area contributed by atoms with Crippen molar-refractivity contribution in [1.29, 1.82) is 0 Å². The largest absolute Gasteiger partial charge is 0.457 e. The molecular weight excluding hydrogens is 869 g/mol. The van der Waals surface area contributed by atoms with Crippen LogP contribution in [0.15, 0.2) is 194 Å². The molecule has 0 saturated heterocycles. The molecule has 0 spiro atoms. The van der Waals surface area contributed by atoms with Crippen molar-refractivity contribution in [3.63, 3.8) is 0 Å². The molecule has 13 rings (SSSR count). The first-order chi connectivity index (χ1) is 34.7. The number of imidazole rings is 1. The third-order valence-corrected chi connectivity index (χ3v) is 14.7. The van der Waals surface area contributed by atoms with E-state index < -0.39 is 0 Å². The quantitative estimate of drug-likeness (QED) is 0.152. The molecule has 0 saturated carbocycles. The van der Waals surface area contributed by atoms with Crippen molar-refractivity contribution in [2.75, 3.05) is 16.5 Å². The summed E-state index contributed by atoms with van der Waals surface area (Å²) in [5.41, 5.74) is 18.1. The molecular formula is C64H54N6O. The molecule has 7 nitrogen and oxygen atoms in total. The number of aromatic nitrogens is 4. The first-order valence-electron chi connectivity index (χ1n) is 24.9. The van der Waals surface area contributed by atoms with Crippen LogP contribution in [0.3, 0.4) is 0 Å². The Kier molecular flexibility index (Phi) is 10.2. The number of nitrogens with zero attached hydrogens (tertiary/aromatic N) is 6. The predicted octanol–water partition coefficient (Wildman–Crippen LogP) is 16.5. The summed E-state index contributed by atoms with van der Waals surface area (Å²) in [5, 5.41) is 2.32. The monoisotopic (exact) mass is 922 g/mol. The van der Waals surface area contributed by atoms with Crippen molar-refractivity contribution in [2.45, 2.75) is 58.9 Å². The molecule has 0 bridgehead atoms. The molecule has 346 valence electrons. The molecule has 0 unspecified atom stereocenters. The Morgan fingerprint density at radius 3 is 1.90 bits per heavy atom. The molecule has 0 amide bonds. The number of rotatable bonds is 8. The summed E-state index contributed by atoms with van der Waals surface area (Å²) in [4.78, 5) is 15.4. The van der Waals surface area contributed by atoms with E-state index in [1.807, 2.05) is 6.20 Å². The Morgan fingerprint density at radius 2 is 1.20 bits per heavy atom. The number of para-hydroxylation sites is 2. The number of aryl methyl sites for hydroxylation is 3. The fourth-order valence-corrected chi connectivity index (χ4v) is 11.1. The van der Waals surface area contributed by atoms with Gasteiger partial charge in [-0.1, -0.05) is 148 Å². The van der Waals surface area contributed by atoms with Crippen LogP contribution in [0, 0.1) is 6.92 Å². The lowest BCUT2D eigenvalue weighted by Crippen LogP contribution is -2.25. The second-order valence-electron chi connectivity index (χ2n) is 20.2. The molecule has 0 fully saturated rings. The van der Waals surface area contributed by atoms with Crippen LogP contribution in [-0.2, 0) is 18.4 Å². The molecule has 3 aromatic heterocycles. The van der Waals surface area contributed by atoms with Gasteiger partial charge < -0.3 is 19.1 Å². The Bertz CT molecular complexity index is 3770.